The molecule has 0 bridgehead atoms. The zero-order chi connectivity index (χ0) is 13.2. The van der Waals surface area contributed by atoms with E-state index in [1.165, 1.54) is 22.3 Å². The van der Waals surface area contributed by atoms with Crippen LogP contribution < -0.4 is 0 Å². The Hall–Kier alpha value is -1.82. The van der Waals surface area contributed by atoms with E-state index in [2.05, 4.69) is 57.0 Å². The first-order valence-electron chi connectivity index (χ1n) is 6.44. The predicted octanol–water partition coefficient (Wildman–Crippen LogP) is 4.75. The van der Waals surface area contributed by atoms with Gasteiger partial charge in [0.15, 0.2) is 0 Å². The molecule has 0 saturated carbocycles. The van der Waals surface area contributed by atoms with E-state index in [0.29, 0.717) is 0 Å². The molecule has 0 aromatic heterocycles. The first-order valence-corrected chi connectivity index (χ1v) is 6.44. The average Bonchev–Trinajstić information content (AvgIpc) is 2.44. The maximum atomic E-state index is 4.08. The fraction of sp³-hybridized carbons (Fsp3) is 0.222. The van der Waals surface area contributed by atoms with Crippen molar-refractivity contribution in [2.24, 2.45) is 0 Å². The molecule has 0 amide bonds. The van der Waals surface area contributed by atoms with Crippen LogP contribution in [0.1, 0.15) is 24.5 Å². The van der Waals surface area contributed by atoms with Crippen molar-refractivity contribution in [2.45, 2.75) is 25.2 Å². The topological polar surface area (TPSA) is 0 Å². The minimum Gasteiger partial charge on any atom is -0.102 e. The van der Waals surface area contributed by atoms with Crippen LogP contribution in [0.3, 0.4) is 0 Å². The molecule has 0 heteroatoms. The third kappa shape index (κ3) is 1.60. The second-order valence-electron chi connectivity index (χ2n) is 4.71. The average molecular weight is 236 g/mol. The second kappa shape index (κ2) is 4.81. The van der Waals surface area contributed by atoms with Gasteiger partial charge in [-0.3, -0.25) is 0 Å². The Balaban J connectivity index is 2.79. The van der Waals surface area contributed by atoms with E-state index in [9.17, 15) is 0 Å². The summed E-state index contributed by atoms with van der Waals surface area (Å²) < 4.78 is 0. The molecule has 0 spiro atoms. The number of fused-ring (bicyclic) bond motifs is 1. The van der Waals surface area contributed by atoms with Gasteiger partial charge < -0.3 is 0 Å². The minimum absolute atomic E-state index is 0.111. The van der Waals surface area contributed by atoms with Crippen molar-refractivity contribution in [3.05, 3.63) is 84.5 Å². The van der Waals surface area contributed by atoms with Gasteiger partial charge in [-0.2, -0.15) is 0 Å². The summed E-state index contributed by atoms with van der Waals surface area (Å²) >= 11 is 0. The Bertz CT molecular complexity index is 531. The van der Waals surface area contributed by atoms with E-state index in [-0.39, 0.29) is 5.41 Å². The van der Waals surface area contributed by atoms with Crippen molar-refractivity contribution in [3.63, 3.8) is 0 Å². The molecular formula is C18H20. The van der Waals surface area contributed by atoms with Crippen LogP contribution in [-0.4, -0.2) is 0 Å². The summed E-state index contributed by atoms with van der Waals surface area (Å²) in [5, 5.41) is 0. The van der Waals surface area contributed by atoms with E-state index in [4.69, 9.17) is 0 Å². The summed E-state index contributed by atoms with van der Waals surface area (Å²) in [6.45, 7) is 14.2. The number of benzene rings is 1. The highest BCUT2D eigenvalue weighted by Gasteiger charge is 2.36. The van der Waals surface area contributed by atoms with Crippen LogP contribution in [-0.2, 0) is 11.8 Å². The molecule has 0 fully saturated rings. The second-order valence-corrected chi connectivity index (χ2v) is 4.71. The van der Waals surface area contributed by atoms with Crippen LogP contribution in [0, 0.1) is 0 Å². The molecule has 0 aliphatic heterocycles. The van der Waals surface area contributed by atoms with Gasteiger partial charge in [-0.25, -0.2) is 0 Å². The first kappa shape index (κ1) is 12.6. The van der Waals surface area contributed by atoms with E-state index in [1.54, 1.807) is 0 Å². The third-order valence-electron chi connectivity index (χ3n) is 4.06. The molecular weight excluding hydrogens is 216 g/mol. The van der Waals surface area contributed by atoms with E-state index < -0.39 is 0 Å². The Morgan fingerprint density at radius 2 is 1.89 bits per heavy atom. The van der Waals surface area contributed by atoms with Gasteiger partial charge in [-0.15, -0.1) is 6.58 Å². The molecule has 18 heavy (non-hydrogen) atoms. The molecule has 0 radical (unpaired) electrons. The number of hydrogen-bond donors (Lipinski definition) is 0. The van der Waals surface area contributed by atoms with Crippen LogP contribution in [0.2, 0.25) is 0 Å². The first-order chi connectivity index (χ1) is 8.73. The lowest BCUT2D eigenvalue weighted by atomic mass is 9.65. The molecule has 92 valence electrons. The van der Waals surface area contributed by atoms with E-state index in [0.717, 1.165) is 12.8 Å². The fourth-order valence-electron chi connectivity index (χ4n) is 3.08. The van der Waals surface area contributed by atoms with Crippen LogP contribution in [0.15, 0.2) is 73.4 Å². The monoisotopic (exact) mass is 236 g/mol. The van der Waals surface area contributed by atoms with E-state index >= 15 is 0 Å². The van der Waals surface area contributed by atoms with Gasteiger partial charge in [0.1, 0.15) is 0 Å². The van der Waals surface area contributed by atoms with Crippen molar-refractivity contribution in [1.29, 1.82) is 0 Å². The highest BCUT2D eigenvalue weighted by Crippen LogP contribution is 2.45. The Morgan fingerprint density at radius 1 is 1.17 bits per heavy atom. The SMILES string of the molecule is C=CC1=C(C=C)C(C=C)(CC)c2ccccc2C1. The highest BCUT2D eigenvalue weighted by molar-refractivity contribution is 5.58. The molecule has 0 N–H and O–H groups in total. The third-order valence-corrected chi connectivity index (χ3v) is 4.06. The Morgan fingerprint density at radius 3 is 2.44 bits per heavy atom. The lowest BCUT2D eigenvalue weighted by molar-refractivity contribution is 0.593. The van der Waals surface area contributed by atoms with Crippen molar-refractivity contribution < 1.29 is 0 Å². The smallest absolute Gasteiger partial charge is 0.0382 e. The normalized spacial score (nSPS) is 22.3. The van der Waals surface area contributed by atoms with Gasteiger partial charge in [0.05, 0.1) is 0 Å². The standard InChI is InChI=1S/C18H20/c1-5-14-13-15-11-9-10-12-17(15)18(7-3,8-4)16(14)6-2/h5-7,9-12H,1-3,8,13H2,4H3. The molecule has 0 heterocycles. The number of allylic oxidation sites excluding steroid dienone is 5. The Kier molecular flexibility index (Phi) is 3.38. The summed E-state index contributed by atoms with van der Waals surface area (Å²) in [5.74, 6) is 0. The molecule has 1 aliphatic rings. The lowest BCUT2D eigenvalue weighted by Gasteiger charge is -2.38. The quantitative estimate of drug-likeness (QED) is 0.662. The molecule has 0 nitrogen and oxygen atoms in total. The maximum absolute atomic E-state index is 4.08. The van der Waals surface area contributed by atoms with Gasteiger partial charge >= 0.3 is 0 Å². The molecule has 2 rings (SSSR count). The van der Waals surface area contributed by atoms with Gasteiger partial charge in [-0.1, -0.05) is 62.6 Å². The summed E-state index contributed by atoms with van der Waals surface area (Å²) in [7, 11) is 0. The summed E-state index contributed by atoms with van der Waals surface area (Å²) in [4.78, 5) is 0. The minimum atomic E-state index is -0.111. The van der Waals surface area contributed by atoms with Gasteiger partial charge in [0.2, 0.25) is 0 Å². The van der Waals surface area contributed by atoms with E-state index in [1.807, 2.05) is 12.2 Å². The van der Waals surface area contributed by atoms with Gasteiger partial charge in [0, 0.05) is 5.41 Å². The molecule has 0 saturated heterocycles. The zero-order valence-corrected chi connectivity index (χ0v) is 11.1. The largest absolute Gasteiger partial charge is 0.102 e. The predicted molar refractivity (Wildman–Crippen MR) is 79.7 cm³/mol. The van der Waals surface area contributed by atoms with Crippen LogP contribution in [0.5, 0.6) is 0 Å². The van der Waals surface area contributed by atoms with Gasteiger partial charge in [-0.05, 0) is 35.1 Å². The molecule has 1 aromatic carbocycles. The molecule has 1 atom stereocenters. The van der Waals surface area contributed by atoms with Crippen LogP contribution >= 0.6 is 0 Å². The maximum Gasteiger partial charge on any atom is 0.0382 e. The van der Waals surface area contributed by atoms with Crippen molar-refractivity contribution in [1.82, 2.24) is 0 Å². The fourth-order valence-corrected chi connectivity index (χ4v) is 3.08. The zero-order valence-electron chi connectivity index (χ0n) is 11.1. The molecule has 1 aliphatic carbocycles. The summed E-state index contributed by atoms with van der Waals surface area (Å²) in [5.41, 5.74) is 5.15. The molecule has 1 aromatic rings. The Labute approximate surface area is 110 Å². The van der Waals surface area contributed by atoms with Gasteiger partial charge in [0.25, 0.3) is 0 Å². The molecule has 1 unspecified atom stereocenters. The number of rotatable bonds is 4. The van der Waals surface area contributed by atoms with Crippen LogP contribution in [0.4, 0.5) is 0 Å². The van der Waals surface area contributed by atoms with Crippen LogP contribution in [0.25, 0.3) is 0 Å². The summed E-state index contributed by atoms with van der Waals surface area (Å²) in [6, 6.07) is 8.62. The summed E-state index contributed by atoms with van der Waals surface area (Å²) in [6.07, 6.45) is 7.92. The van der Waals surface area contributed by atoms with Crippen molar-refractivity contribution in [2.75, 3.05) is 0 Å². The number of hydrogen-bond acceptors (Lipinski definition) is 0. The highest BCUT2D eigenvalue weighted by atomic mass is 14.4. The lowest BCUT2D eigenvalue weighted by Crippen LogP contribution is -2.30. The van der Waals surface area contributed by atoms with Crippen molar-refractivity contribution in [3.8, 4) is 0 Å². The van der Waals surface area contributed by atoms with Crippen molar-refractivity contribution >= 4 is 0 Å².